The highest BCUT2D eigenvalue weighted by Crippen LogP contribution is 2.50. The number of fused-ring (bicyclic) bond motifs is 2. The highest BCUT2D eigenvalue weighted by atomic mass is 16.3. The van der Waals surface area contributed by atoms with Gasteiger partial charge in [0, 0.05) is 49.7 Å². The molecule has 0 amide bonds. The van der Waals surface area contributed by atoms with Gasteiger partial charge in [-0.2, -0.15) is 0 Å². The third-order valence-electron chi connectivity index (χ3n) is 10.0. The smallest absolute Gasteiger partial charge is 0.136 e. The van der Waals surface area contributed by atoms with Crippen LogP contribution in [-0.2, 0) is 0 Å². The van der Waals surface area contributed by atoms with E-state index in [-0.39, 0.29) is 0 Å². The van der Waals surface area contributed by atoms with Gasteiger partial charge >= 0.3 is 0 Å². The predicted molar refractivity (Wildman–Crippen MR) is 197 cm³/mol. The number of anilines is 3. The molecule has 0 aliphatic heterocycles. The maximum absolute atomic E-state index is 6.45. The van der Waals surface area contributed by atoms with Crippen molar-refractivity contribution >= 4 is 82.4 Å². The lowest BCUT2D eigenvalue weighted by Crippen LogP contribution is -2.10. The van der Waals surface area contributed by atoms with Crippen LogP contribution in [0.1, 0.15) is 0 Å². The topological polar surface area (TPSA) is 21.3 Å². The van der Waals surface area contributed by atoms with Gasteiger partial charge in [-0.15, -0.1) is 0 Å². The Balaban J connectivity index is 1.21. The van der Waals surface area contributed by atoms with E-state index in [2.05, 4.69) is 167 Å². The molecular weight excluding hydrogens is 572 g/mol. The zero-order valence-electron chi connectivity index (χ0n) is 25.3. The highest BCUT2D eigenvalue weighted by molar-refractivity contribution is 6.37. The summed E-state index contributed by atoms with van der Waals surface area (Å²) in [6, 6.07) is 57.0. The molecule has 0 N–H and O–H groups in total. The number of hydrogen-bond acceptors (Lipinski definition) is 2. The lowest BCUT2D eigenvalue weighted by molar-refractivity contribution is 0.669. The summed E-state index contributed by atoms with van der Waals surface area (Å²) in [5.41, 5.74) is 11.2. The quantitative estimate of drug-likeness (QED) is 0.201. The molecule has 47 heavy (non-hydrogen) atoms. The highest BCUT2D eigenvalue weighted by Gasteiger charge is 2.26. The first-order valence-corrected chi connectivity index (χ1v) is 16.1. The van der Waals surface area contributed by atoms with E-state index >= 15 is 0 Å². The zero-order valence-corrected chi connectivity index (χ0v) is 25.3. The Hall–Kier alpha value is -6.32. The van der Waals surface area contributed by atoms with Crippen LogP contribution in [0.3, 0.4) is 0 Å². The van der Waals surface area contributed by atoms with Crippen molar-refractivity contribution < 1.29 is 4.42 Å². The van der Waals surface area contributed by atoms with Crippen LogP contribution >= 0.6 is 0 Å². The van der Waals surface area contributed by atoms with Crippen LogP contribution in [0.25, 0.3) is 82.1 Å². The molecule has 0 radical (unpaired) electrons. The van der Waals surface area contributed by atoms with Crippen LogP contribution in [0.5, 0.6) is 0 Å². The minimum atomic E-state index is 0.942. The first-order valence-electron chi connectivity index (χ1n) is 16.1. The Bertz CT molecular complexity index is 2910. The van der Waals surface area contributed by atoms with Crippen LogP contribution in [0.2, 0.25) is 0 Å². The number of aromatic nitrogens is 1. The van der Waals surface area contributed by atoms with Gasteiger partial charge in [0.2, 0.25) is 0 Å². The number of rotatable bonds is 4. The third-order valence-corrected chi connectivity index (χ3v) is 10.0. The van der Waals surface area contributed by atoms with Crippen molar-refractivity contribution in [3.63, 3.8) is 0 Å². The summed E-state index contributed by atoms with van der Waals surface area (Å²) in [5.74, 6) is 0. The molecule has 0 fully saturated rings. The Kier molecular flexibility index (Phi) is 4.84. The molecule has 0 bridgehead atoms. The molecule has 10 aromatic rings. The maximum Gasteiger partial charge on any atom is 0.136 e. The summed E-state index contributed by atoms with van der Waals surface area (Å²) >= 11 is 0. The van der Waals surface area contributed by atoms with E-state index in [9.17, 15) is 0 Å². The SMILES string of the molecule is c1ccc(N(c2cccc(-n3c4cccc5c4c4c6c(ccc7oc8cccc-5c8c76)ccc43)c2)c2ccc3ccccc3c2)cc1. The largest absolute Gasteiger partial charge is 0.456 e. The number of nitrogens with zero attached hydrogens (tertiary/aromatic N) is 2. The van der Waals surface area contributed by atoms with Crippen molar-refractivity contribution in [2.45, 2.75) is 0 Å². The van der Waals surface area contributed by atoms with E-state index in [1.54, 1.807) is 0 Å². The third kappa shape index (κ3) is 3.35. The summed E-state index contributed by atoms with van der Waals surface area (Å²) < 4.78 is 8.90. The van der Waals surface area contributed by atoms with Gasteiger partial charge in [-0.1, -0.05) is 91.0 Å². The first kappa shape index (κ1) is 24.9. The summed E-state index contributed by atoms with van der Waals surface area (Å²) in [6.07, 6.45) is 0. The molecule has 3 nitrogen and oxygen atoms in total. The van der Waals surface area contributed by atoms with Gasteiger partial charge < -0.3 is 13.9 Å². The molecule has 0 spiro atoms. The summed E-state index contributed by atoms with van der Waals surface area (Å²) in [5, 5.41) is 9.98. The van der Waals surface area contributed by atoms with E-state index in [1.807, 2.05) is 0 Å². The Morgan fingerprint density at radius 3 is 1.98 bits per heavy atom. The predicted octanol–water partition coefficient (Wildman–Crippen LogP) is 12.4. The minimum Gasteiger partial charge on any atom is -0.456 e. The second-order valence-corrected chi connectivity index (χ2v) is 12.5. The van der Waals surface area contributed by atoms with Crippen LogP contribution in [0.4, 0.5) is 17.1 Å². The normalized spacial score (nSPS) is 12.3. The van der Waals surface area contributed by atoms with Crippen molar-refractivity contribution in [1.82, 2.24) is 4.57 Å². The molecule has 218 valence electrons. The van der Waals surface area contributed by atoms with Crippen LogP contribution in [-0.4, -0.2) is 4.57 Å². The summed E-state index contributed by atoms with van der Waals surface area (Å²) in [6.45, 7) is 0. The molecule has 2 heterocycles. The van der Waals surface area contributed by atoms with Crippen molar-refractivity contribution in [1.29, 1.82) is 0 Å². The molecular formula is C44H26N2O. The minimum absolute atomic E-state index is 0.942. The molecule has 1 aliphatic carbocycles. The van der Waals surface area contributed by atoms with Crippen molar-refractivity contribution in [3.05, 3.63) is 158 Å². The first-order chi connectivity index (χ1) is 23.3. The average Bonchev–Trinajstić information content (AvgIpc) is 3.64. The summed E-state index contributed by atoms with van der Waals surface area (Å²) in [4.78, 5) is 2.36. The van der Waals surface area contributed by atoms with E-state index in [4.69, 9.17) is 4.42 Å². The van der Waals surface area contributed by atoms with Crippen molar-refractivity contribution in [2.24, 2.45) is 0 Å². The molecule has 2 aromatic heterocycles. The molecule has 0 atom stereocenters. The van der Waals surface area contributed by atoms with Crippen LogP contribution < -0.4 is 4.90 Å². The van der Waals surface area contributed by atoms with Crippen molar-refractivity contribution in [3.8, 4) is 16.8 Å². The lowest BCUT2D eigenvalue weighted by Gasteiger charge is -2.26. The molecule has 0 saturated heterocycles. The number of hydrogen-bond donors (Lipinski definition) is 0. The summed E-state index contributed by atoms with van der Waals surface area (Å²) in [7, 11) is 0. The van der Waals surface area contributed by atoms with Crippen molar-refractivity contribution in [2.75, 3.05) is 4.90 Å². The fraction of sp³-hybridized carbons (Fsp3) is 0. The fourth-order valence-corrected chi connectivity index (χ4v) is 8.11. The average molecular weight is 599 g/mol. The molecule has 8 aromatic carbocycles. The second kappa shape index (κ2) is 9.12. The maximum atomic E-state index is 6.45. The lowest BCUT2D eigenvalue weighted by atomic mass is 9.98. The van der Waals surface area contributed by atoms with Crippen LogP contribution in [0.15, 0.2) is 162 Å². The van der Waals surface area contributed by atoms with Crippen LogP contribution in [0, 0.1) is 0 Å². The zero-order chi connectivity index (χ0) is 30.6. The van der Waals surface area contributed by atoms with Gasteiger partial charge in [-0.25, -0.2) is 0 Å². The molecule has 3 heteroatoms. The van der Waals surface area contributed by atoms with Gasteiger partial charge in [0.15, 0.2) is 0 Å². The van der Waals surface area contributed by atoms with E-state index < -0.39 is 0 Å². The Morgan fingerprint density at radius 2 is 1.06 bits per heavy atom. The number of furan rings is 1. The molecule has 0 unspecified atom stereocenters. The number of para-hydroxylation sites is 1. The van der Waals surface area contributed by atoms with Gasteiger partial charge in [0.25, 0.3) is 0 Å². The van der Waals surface area contributed by atoms with Gasteiger partial charge in [-0.3, -0.25) is 0 Å². The monoisotopic (exact) mass is 598 g/mol. The molecule has 1 aliphatic rings. The van der Waals surface area contributed by atoms with E-state index in [0.717, 1.165) is 33.9 Å². The Labute approximate surface area is 270 Å². The molecule has 0 saturated carbocycles. The van der Waals surface area contributed by atoms with Gasteiger partial charge in [0.05, 0.1) is 11.0 Å². The fourth-order valence-electron chi connectivity index (χ4n) is 8.11. The Morgan fingerprint density at radius 1 is 0.383 bits per heavy atom. The standard InChI is InChI=1S/C44H26N2O/c1-2-11-30(12-3-1)45(33-22-19-27-9-4-5-10-29(27)25-33)31-13-6-14-32(26-31)46-36-17-7-15-34-35-16-8-18-38-42(35)44-39(47-38)24-21-28-20-23-37(46)43(40(28)44)41(34)36/h1-26H. The van der Waals surface area contributed by atoms with Gasteiger partial charge in [-0.05, 0) is 94.0 Å². The molecule has 11 rings (SSSR count). The van der Waals surface area contributed by atoms with Gasteiger partial charge in [0.1, 0.15) is 11.2 Å². The second-order valence-electron chi connectivity index (χ2n) is 12.5. The van der Waals surface area contributed by atoms with E-state index in [0.29, 0.717) is 0 Å². The van der Waals surface area contributed by atoms with E-state index in [1.165, 1.54) is 65.3 Å². The number of benzene rings is 8.